The second-order valence-electron chi connectivity index (χ2n) is 5.31. The number of hydrogen-bond donors (Lipinski definition) is 0. The van der Waals surface area contributed by atoms with E-state index in [0.717, 1.165) is 42.7 Å². The monoisotopic (exact) mass is 257 g/mol. The van der Waals surface area contributed by atoms with E-state index in [2.05, 4.69) is 33.8 Å². The van der Waals surface area contributed by atoms with Crippen LogP contribution in [0.2, 0.25) is 0 Å². The standard InChI is InChI=1S/C15H19N3O/c1-11-7-8-18-14(9-11)16-17-15(18)10-12-3-5-13(19-2)6-4-12/h3-6,11H,7-10H2,1-2H3. The molecular weight excluding hydrogens is 238 g/mol. The van der Waals surface area contributed by atoms with Crippen LogP contribution in [-0.4, -0.2) is 21.9 Å². The molecule has 100 valence electrons. The quantitative estimate of drug-likeness (QED) is 0.848. The molecule has 4 heteroatoms. The van der Waals surface area contributed by atoms with Gasteiger partial charge < -0.3 is 9.30 Å². The molecule has 2 aromatic rings. The van der Waals surface area contributed by atoms with Crippen molar-refractivity contribution >= 4 is 0 Å². The summed E-state index contributed by atoms with van der Waals surface area (Å²) in [6.07, 6.45) is 3.11. The van der Waals surface area contributed by atoms with Crippen molar-refractivity contribution < 1.29 is 4.74 Å². The Morgan fingerprint density at radius 3 is 2.79 bits per heavy atom. The van der Waals surface area contributed by atoms with Crippen LogP contribution in [-0.2, 0) is 19.4 Å². The Hall–Kier alpha value is -1.84. The van der Waals surface area contributed by atoms with Crippen molar-refractivity contribution in [3.8, 4) is 5.75 Å². The molecule has 1 unspecified atom stereocenters. The molecule has 3 rings (SSSR count). The third-order valence-corrected chi connectivity index (χ3v) is 3.80. The first-order chi connectivity index (χ1) is 9.26. The number of fused-ring (bicyclic) bond motifs is 1. The van der Waals surface area contributed by atoms with E-state index in [1.807, 2.05) is 12.1 Å². The maximum absolute atomic E-state index is 5.17. The smallest absolute Gasteiger partial charge is 0.137 e. The summed E-state index contributed by atoms with van der Waals surface area (Å²) in [4.78, 5) is 0. The van der Waals surface area contributed by atoms with Gasteiger partial charge in [-0.2, -0.15) is 0 Å². The van der Waals surface area contributed by atoms with Crippen LogP contribution in [0.1, 0.15) is 30.6 Å². The summed E-state index contributed by atoms with van der Waals surface area (Å²) in [5.41, 5.74) is 1.25. The molecule has 1 aromatic heterocycles. The van der Waals surface area contributed by atoms with Crippen molar-refractivity contribution in [2.75, 3.05) is 7.11 Å². The SMILES string of the molecule is COc1ccc(Cc2nnc3n2CCC(C)C3)cc1. The zero-order valence-electron chi connectivity index (χ0n) is 11.5. The number of hydrogen-bond acceptors (Lipinski definition) is 3. The zero-order valence-corrected chi connectivity index (χ0v) is 11.5. The Kier molecular flexibility index (Phi) is 3.23. The Morgan fingerprint density at radius 2 is 2.05 bits per heavy atom. The van der Waals surface area contributed by atoms with Gasteiger partial charge in [0.1, 0.15) is 17.4 Å². The molecule has 0 N–H and O–H groups in total. The molecular formula is C15H19N3O. The van der Waals surface area contributed by atoms with Crippen LogP contribution >= 0.6 is 0 Å². The molecule has 0 fully saturated rings. The number of benzene rings is 1. The van der Waals surface area contributed by atoms with E-state index in [-0.39, 0.29) is 0 Å². The van der Waals surface area contributed by atoms with E-state index in [0.29, 0.717) is 0 Å². The molecule has 0 spiro atoms. The average Bonchev–Trinajstić information content (AvgIpc) is 2.82. The lowest BCUT2D eigenvalue weighted by Gasteiger charge is -2.20. The van der Waals surface area contributed by atoms with E-state index in [1.165, 1.54) is 12.0 Å². The van der Waals surface area contributed by atoms with Crippen molar-refractivity contribution in [1.82, 2.24) is 14.8 Å². The predicted molar refractivity (Wildman–Crippen MR) is 73.3 cm³/mol. The van der Waals surface area contributed by atoms with Gasteiger partial charge in [0.25, 0.3) is 0 Å². The Balaban J connectivity index is 1.79. The minimum absolute atomic E-state index is 0.727. The minimum Gasteiger partial charge on any atom is -0.497 e. The highest BCUT2D eigenvalue weighted by molar-refractivity contribution is 5.29. The van der Waals surface area contributed by atoms with Crippen molar-refractivity contribution in [2.45, 2.75) is 32.7 Å². The van der Waals surface area contributed by atoms with Crippen molar-refractivity contribution in [3.63, 3.8) is 0 Å². The number of methoxy groups -OCH3 is 1. The summed E-state index contributed by atoms with van der Waals surface area (Å²) in [7, 11) is 1.69. The number of aromatic nitrogens is 3. The van der Waals surface area contributed by atoms with E-state index in [1.54, 1.807) is 7.11 Å². The van der Waals surface area contributed by atoms with E-state index >= 15 is 0 Å². The van der Waals surface area contributed by atoms with Crippen LogP contribution in [0.4, 0.5) is 0 Å². The molecule has 0 saturated carbocycles. The van der Waals surface area contributed by atoms with Crippen molar-refractivity contribution in [3.05, 3.63) is 41.5 Å². The average molecular weight is 257 g/mol. The summed E-state index contributed by atoms with van der Waals surface area (Å²) < 4.78 is 7.46. The fourth-order valence-electron chi connectivity index (χ4n) is 2.60. The highest BCUT2D eigenvalue weighted by atomic mass is 16.5. The molecule has 1 aliphatic heterocycles. The molecule has 1 aliphatic rings. The lowest BCUT2D eigenvalue weighted by Crippen LogP contribution is -2.19. The van der Waals surface area contributed by atoms with E-state index in [9.17, 15) is 0 Å². The second-order valence-corrected chi connectivity index (χ2v) is 5.31. The van der Waals surface area contributed by atoms with E-state index in [4.69, 9.17) is 4.74 Å². The third kappa shape index (κ3) is 2.48. The first-order valence-corrected chi connectivity index (χ1v) is 6.80. The molecule has 0 amide bonds. The number of rotatable bonds is 3. The van der Waals surface area contributed by atoms with Crippen LogP contribution < -0.4 is 4.74 Å². The number of ether oxygens (including phenoxy) is 1. The van der Waals surface area contributed by atoms with Gasteiger partial charge >= 0.3 is 0 Å². The number of nitrogens with zero attached hydrogens (tertiary/aromatic N) is 3. The maximum Gasteiger partial charge on any atom is 0.137 e. The summed E-state index contributed by atoms with van der Waals surface area (Å²) in [5, 5.41) is 8.68. The van der Waals surface area contributed by atoms with Gasteiger partial charge in [-0.05, 0) is 30.0 Å². The molecule has 0 bridgehead atoms. The van der Waals surface area contributed by atoms with Crippen LogP contribution in [0.15, 0.2) is 24.3 Å². The molecule has 19 heavy (non-hydrogen) atoms. The first kappa shape index (κ1) is 12.2. The third-order valence-electron chi connectivity index (χ3n) is 3.80. The largest absolute Gasteiger partial charge is 0.497 e. The van der Waals surface area contributed by atoms with Gasteiger partial charge in [0, 0.05) is 19.4 Å². The topological polar surface area (TPSA) is 39.9 Å². The van der Waals surface area contributed by atoms with Crippen LogP contribution in [0.25, 0.3) is 0 Å². The van der Waals surface area contributed by atoms with Gasteiger partial charge in [-0.1, -0.05) is 19.1 Å². The summed E-state index contributed by atoms with van der Waals surface area (Å²) in [6, 6.07) is 8.16. The Bertz CT molecular complexity index is 559. The minimum atomic E-state index is 0.727. The van der Waals surface area contributed by atoms with Gasteiger partial charge in [-0.15, -0.1) is 10.2 Å². The molecule has 0 saturated heterocycles. The molecule has 2 heterocycles. The molecule has 1 aromatic carbocycles. The second kappa shape index (κ2) is 5.03. The molecule has 4 nitrogen and oxygen atoms in total. The van der Waals surface area contributed by atoms with E-state index < -0.39 is 0 Å². The predicted octanol–water partition coefficient (Wildman–Crippen LogP) is 2.46. The van der Waals surface area contributed by atoms with Gasteiger partial charge in [-0.25, -0.2) is 0 Å². The highest BCUT2D eigenvalue weighted by Gasteiger charge is 2.20. The van der Waals surface area contributed by atoms with Gasteiger partial charge in [0.05, 0.1) is 7.11 Å². The molecule has 0 radical (unpaired) electrons. The van der Waals surface area contributed by atoms with Crippen molar-refractivity contribution in [1.29, 1.82) is 0 Å². The normalized spacial score (nSPS) is 18.1. The van der Waals surface area contributed by atoms with Crippen LogP contribution in [0.5, 0.6) is 5.75 Å². The Labute approximate surface area is 113 Å². The maximum atomic E-state index is 5.17. The fraction of sp³-hybridized carbons (Fsp3) is 0.467. The van der Waals surface area contributed by atoms with Crippen LogP contribution in [0.3, 0.4) is 0 Å². The van der Waals surface area contributed by atoms with Gasteiger partial charge in [-0.3, -0.25) is 0 Å². The summed E-state index contributed by atoms with van der Waals surface area (Å²) in [5.74, 6) is 3.83. The highest BCUT2D eigenvalue weighted by Crippen LogP contribution is 2.21. The summed E-state index contributed by atoms with van der Waals surface area (Å²) >= 11 is 0. The Morgan fingerprint density at radius 1 is 1.26 bits per heavy atom. The van der Waals surface area contributed by atoms with Gasteiger partial charge in [0.15, 0.2) is 0 Å². The lowest BCUT2D eigenvalue weighted by atomic mass is 10.00. The molecule has 1 atom stereocenters. The van der Waals surface area contributed by atoms with Crippen molar-refractivity contribution in [2.24, 2.45) is 5.92 Å². The lowest BCUT2D eigenvalue weighted by molar-refractivity contribution is 0.403. The summed E-state index contributed by atoms with van der Waals surface area (Å²) in [6.45, 7) is 3.33. The van der Waals surface area contributed by atoms with Gasteiger partial charge in [0.2, 0.25) is 0 Å². The zero-order chi connectivity index (χ0) is 13.2. The van der Waals surface area contributed by atoms with Crippen LogP contribution in [0, 0.1) is 5.92 Å². The fourth-order valence-corrected chi connectivity index (χ4v) is 2.60. The first-order valence-electron chi connectivity index (χ1n) is 6.80. The molecule has 0 aliphatic carbocycles.